The molecule has 0 spiro atoms. The molecule has 7 heteroatoms. The molecule has 0 saturated heterocycles. The number of rotatable bonds is 4. The van der Waals surface area contributed by atoms with Crippen molar-refractivity contribution in [3.05, 3.63) is 33.6 Å². The van der Waals surface area contributed by atoms with Crippen molar-refractivity contribution in [1.29, 1.82) is 0 Å². The minimum Gasteiger partial charge on any atom is -0.505 e. The monoisotopic (exact) mass is 264 g/mol. The standard InChI is InChI=1S/C10H13FN2O3.ClH/c1-2-3-9(12)7-4-6(13(15)16)5-8(11)10(7)14;/h4-5,9,14H,2-3,12H2,1H3;1H/t9-;/m0./s1. The summed E-state index contributed by atoms with van der Waals surface area (Å²) in [5.74, 6) is -1.62. The second-order valence-corrected chi connectivity index (χ2v) is 3.52. The van der Waals surface area contributed by atoms with E-state index in [1.807, 2.05) is 6.92 Å². The molecular weight excluding hydrogens is 251 g/mol. The number of non-ortho nitro benzene ring substituents is 1. The molecule has 0 fully saturated rings. The Morgan fingerprint density at radius 3 is 2.65 bits per heavy atom. The smallest absolute Gasteiger partial charge is 0.272 e. The number of benzene rings is 1. The lowest BCUT2D eigenvalue weighted by Crippen LogP contribution is -2.11. The van der Waals surface area contributed by atoms with Crippen molar-refractivity contribution in [3.8, 4) is 5.75 Å². The second-order valence-electron chi connectivity index (χ2n) is 3.52. The summed E-state index contributed by atoms with van der Waals surface area (Å²) in [6, 6.07) is 1.19. The fourth-order valence-electron chi connectivity index (χ4n) is 1.46. The normalized spacial score (nSPS) is 11.7. The van der Waals surface area contributed by atoms with Gasteiger partial charge in [0.1, 0.15) is 0 Å². The average molecular weight is 265 g/mol. The summed E-state index contributed by atoms with van der Waals surface area (Å²) in [5.41, 5.74) is 5.37. The Bertz CT molecular complexity index is 415. The zero-order chi connectivity index (χ0) is 12.3. The van der Waals surface area contributed by atoms with E-state index in [0.717, 1.165) is 12.5 Å². The van der Waals surface area contributed by atoms with Gasteiger partial charge in [0.25, 0.3) is 5.69 Å². The van der Waals surface area contributed by atoms with Gasteiger partial charge in [0.15, 0.2) is 11.6 Å². The van der Waals surface area contributed by atoms with E-state index in [-0.39, 0.29) is 18.0 Å². The lowest BCUT2D eigenvalue weighted by molar-refractivity contribution is -0.385. The minimum atomic E-state index is -1.02. The third-order valence-corrected chi connectivity index (χ3v) is 2.29. The number of aromatic hydroxyl groups is 1. The van der Waals surface area contributed by atoms with Gasteiger partial charge in [-0.25, -0.2) is 4.39 Å². The summed E-state index contributed by atoms with van der Waals surface area (Å²) in [6.07, 6.45) is 1.26. The molecule has 1 rings (SSSR count). The molecule has 96 valence electrons. The van der Waals surface area contributed by atoms with E-state index in [0.29, 0.717) is 12.5 Å². The van der Waals surface area contributed by atoms with Crippen LogP contribution < -0.4 is 5.73 Å². The average Bonchev–Trinajstić information content (AvgIpc) is 2.21. The number of nitrogens with two attached hydrogens (primary N) is 1. The first-order chi connectivity index (χ1) is 7.47. The number of hydrogen-bond donors (Lipinski definition) is 2. The van der Waals surface area contributed by atoms with Crippen LogP contribution in [0.15, 0.2) is 12.1 Å². The van der Waals surface area contributed by atoms with Crippen LogP contribution in [0, 0.1) is 15.9 Å². The maximum atomic E-state index is 13.2. The van der Waals surface area contributed by atoms with Crippen LogP contribution in [0.5, 0.6) is 5.75 Å². The highest BCUT2D eigenvalue weighted by Gasteiger charge is 2.19. The predicted octanol–water partition coefficient (Wildman–Crippen LogP) is 2.66. The van der Waals surface area contributed by atoms with Crippen molar-refractivity contribution >= 4 is 18.1 Å². The molecule has 1 aromatic rings. The minimum absolute atomic E-state index is 0. The van der Waals surface area contributed by atoms with Crippen molar-refractivity contribution in [2.75, 3.05) is 0 Å². The fraction of sp³-hybridized carbons (Fsp3) is 0.400. The predicted molar refractivity (Wildman–Crippen MR) is 63.8 cm³/mol. The van der Waals surface area contributed by atoms with Gasteiger partial charge in [-0.05, 0) is 6.42 Å². The summed E-state index contributed by atoms with van der Waals surface area (Å²) in [7, 11) is 0. The molecule has 0 aliphatic heterocycles. The molecule has 0 heterocycles. The van der Waals surface area contributed by atoms with Gasteiger partial charge in [0.2, 0.25) is 0 Å². The zero-order valence-corrected chi connectivity index (χ0v) is 10.0. The van der Waals surface area contributed by atoms with Crippen molar-refractivity contribution in [3.63, 3.8) is 0 Å². The van der Waals surface area contributed by atoms with Gasteiger partial charge in [-0.1, -0.05) is 13.3 Å². The van der Waals surface area contributed by atoms with Crippen LogP contribution in [0.25, 0.3) is 0 Å². The molecule has 1 aromatic carbocycles. The van der Waals surface area contributed by atoms with Gasteiger partial charge in [-0.2, -0.15) is 0 Å². The number of nitrogens with zero attached hydrogens (tertiary/aromatic N) is 1. The van der Waals surface area contributed by atoms with Crippen LogP contribution >= 0.6 is 12.4 Å². The number of phenolic OH excluding ortho intramolecular Hbond substituents is 1. The number of phenols is 1. The van der Waals surface area contributed by atoms with E-state index in [1.54, 1.807) is 0 Å². The largest absolute Gasteiger partial charge is 0.505 e. The van der Waals surface area contributed by atoms with Gasteiger partial charge >= 0.3 is 0 Å². The Balaban J connectivity index is 0.00000256. The lowest BCUT2D eigenvalue weighted by atomic mass is 10.0. The maximum Gasteiger partial charge on any atom is 0.272 e. The molecule has 0 amide bonds. The van der Waals surface area contributed by atoms with Crippen molar-refractivity contribution in [2.24, 2.45) is 5.73 Å². The Morgan fingerprint density at radius 1 is 1.59 bits per heavy atom. The van der Waals surface area contributed by atoms with Crippen LogP contribution in [-0.2, 0) is 0 Å². The highest BCUT2D eigenvalue weighted by atomic mass is 35.5. The van der Waals surface area contributed by atoms with Crippen LogP contribution in [0.3, 0.4) is 0 Å². The first kappa shape index (κ1) is 15.6. The third kappa shape index (κ3) is 3.54. The summed E-state index contributed by atoms with van der Waals surface area (Å²) in [5, 5.41) is 19.9. The topological polar surface area (TPSA) is 89.4 Å². The Morgan fingerprint density at radius 2 is 2.18 bits per heavy atom. The first-order valence-electron chi connectivity index (χ1n) is 4.89. The van der Waals surface area contributed by atoms with Crippen molar-refractivity contribution in [2.45, 2.75) is 25.8 Å². The maximum absolute atomic E-state index is 13.2. The zero-order valence-electron chi connectivity index (χ0n) is 9.22. The Labute approximate surface area is 104 Å². The molecule has 1 atom stereocenters. The van der Waals surface area contributed by atoms with E-state index < -0.39 is 28.2 Å². The SMILES string of the molecule is CCC[C@H](N)c1cc([N+](=O)[O-])cc(F)c1O.Cl. The van der Waals surface area contributed by atoms with E-state index >= 15 is 0 Å². The van der Waals surface area contributed by atoms with Gasteiger partial charge in [-0.3, -0.25) is 10.1 Å². The van der Waals surface area contributed by atoms with Crippen LogP contribution in [0.2, 0.25) is 0 Å². The molecule has 3 N–H and O–H groups in total. The van der Waals surface area contributed by atoms with Gasteiger partial charge in [0.05, 0.1) is 11.0 Å². The highest BCUT2D eigenvalue weighted by molar-refractivity contribution is 5.85. The molecule has 5 nitrogen and oxygen atoms in total. The molecule has 0 bridgehead atoms. The third-order valence-electron chi connectivity index (χ3n) is 2.29. The molecule has 17 heavy (non-hydrogen) atoms. The Hall–Kier alpha value is -1.40. The van der Waals surface area contributed by atoms with Gasteiger partial charge in [0, 0.05) is 17.7 Å². The summed E-state index contributed by atoms with van der Waals surface area (Å²) >= 11 is 0. The van der Waals surface area contributed by atoms with Crippen LogP contribution in [0.4, 0.5) is 10.1 Å². The van der Waals surface area contributed by atoms with E-state index in [1.165, 1.54) is 0 Å². The van der Waals surface area contributed by atoms with Crippen molar-refractivity contribution < 1.29 is 14.4 Å². The van der Waals surface area contributed by atoms with E-state index in [9.17, 15) is 19.6 Å². The molecule has 0 saturated carbocycles. The number of nitro groups is 1. The number of nitro benzene ring substituents is 1. The molecule has 0 aliphatic rings. The quantitative estimate of drug-likeness (QED) is 0.646. The van der Waals surface area contributed by atoms with Crippen LogP contribution in [0.1, 0.15) is 31.4 Å². The molecule has 0 unspecified atom stereocenters. The second kappa shape index (κ2) is 6.36. The van der Waals surface area contributed by atoms with Crippen molar-refractivity contribution in [1.82, 2.24) is 0 Å². The molecule has 0 aromatic heterocycles. The molecule has 0 aliphatic carbocycles. The van der Waals surface area contributed by atoms with E-state index in [4.69, 9.17) is 5.73 Å². The molecular formula is C10H14ClFN2O3. The summed E-state index contributed by atoms with van der Waals surface area (Å²) in [4.78, 5) is 9.80. The van der Waals surface area contributed by atoms with E-state index in [2.05, 4.69) is 0 Å². The van der Waals surface area contributed by atoms with Gasteiger partial charge < -0.3 is 10.8 Å². The fourth-order valence-corrected chi connectivity index (χ4v) is 1.46. The summed E-state index contributed by atoms with van der Waals surface area (Å²) in [6.45, 7) is 1.88. The Kier molecular flexibility index (Phi) is 5.84. The summed E-state index contributed by atoms with van der Waals surface area (Å²) < 4.78 is 13.2. The number of hydrogen-bond acceptors (Lipinski definition) is 4. The first-order valence-corrected chi connectivity index (χ1v) is 4.89. The van der Waals surface area contributed by atoms with Crippen LogP contribution in [-0.4, -0.2) is 10.0 Å². The van der Waals surface area contributed by atoms with Gasteiger partial charge in [-0.15, -0.1) is 12.4 Å². The number of halogens is 2. The molecule has 0 radical (unpaired) electrons. The lowest BCUT2D eigenvalue weighted by Gasteiger charge is -2.12. The highest BCUT2D eigenvalue weighted by Crippen LogP contribution is 2.32.